The van der Waals surface area contributed by atoms with Crippen molar-refractivity contribution in [2.45, 2.75) is 78.1 Å². The molecule has 144 valence electrons. The number of ketones is 1. The first-order valence-electron chi connectivity index (χ1n) is 10.3. The number of carbonyl (C=O) groups is 2. The summed E-state index contributed by atoms with van der Waals surface area (Å²) in [5.74, 6) is 0.742. The molecule has 1 aliphatic carbocycles. The van der Waals surface area contributed by atoms with Gasteiger partial charge in [-0.05, 0) is 44.1 Å². The first-order chi connectivity index (χ1) is 12.5. The average molecular weight is 359 g/mol. The summed E-state index contributed by atoms with van der Waals surface area (Å²) >= 11 is 0. The van der Waals surface area contributed by atoms with Gasteiger partial charge in [0.1, 0.15) is 0 Å². The molecule has 1 aromatic rings. The summed E-state index contributed by atoms with van der Waals surface area (Å²) < 4.78 is 5.72. The standard InChI is InChI=1S/C23H34O3/c1-5-8-9-17(6-2)16-26-22(25)23(4,7-3)20-14-12-19(13-15-20)21(24)18-10-11-18/h12-15,17-18H,5-11,16H2,1-4H3. The van der Waals surface area contributed by atoms with Crippen molar-refractivity contribution in [3.8, 4) is 0 Å². The Morgan fingerprint density at radius 1 is 1.15 bits per heavy atom. The van der Waals surface area contributed by atoms with E-state index < -0.39 is 5.41 Å². The summed E-state index contributed by atoms with van der Waals surface area (Å²) in [6, 6.07) is 7.59. The van der Waals surface area contributed by atoms with Crippen LogP contribution in [0.25, 0.3) is 0 Å². The van der Waals surface area contributed by atoms with Crippen molar-refractivity contribution in [2.75, 3.05) is 6.61 Å². The van der Waals surface area contributed by atoms with Crippen molar-refractivity contribution in [1.29, 1.82) is 0 Å². The number of Topliss-reactive ketones (excluding diaryl/α,β-unsaturated/α-hetero) is 1. The normalized spacial score (nSPS) is 17.4. The molecule has 0 radical (unpaired) electrons. The number of rotatable bonds is 11. The molecule has 0 amide bonds. The van der Waals surface area contributed by atoms with Crippen molar-refractivity contribution in [3.63, 3.8) is 0 Å². The molecular formula is C23H34O3. The highest BCUT2D eigenvalue weighted by Crippen LogP contribution is 2.34. The van der Waals surface area contributed by atoms with Crippen molar-refractivity contribution in [1.82, 2.24) is 0 Å². The predicted molar refractivity (Wildman–Crippen MR) is 105 cm³/mol. The zero-order valence-corrected chi connectivity index (χ0v) is 16.8. The minimum atomic E-state index is -0.662. The third-order valence-corrected chi connectivity index (χ3v) is 5.91. The van der Waals surface area contributed by atoms with Gasteiger partial charge in [0.2, 0.25) is 0 Å². The first-order valence-corrected chi connectivity index (χ1v) is 10.3. The molecule has 3 nitrogen and oxygen atoms in total. The summed E-state index contributed by atoms with van der Waals surface area (Å²) in [5.41, 5.74) is 1.03. The van der Waals surface area contributed by atoms with Gasteiger partial charge in [-0.2, -0.15) is 0 Å². The van der Waals surface area contributed by atoms with Crippen LogP contribution in [0.5, 0.6) is 0 Å². The van der Waals surface area contributed by atoms with E-state index in [2.05, 4.69) is 13.8 Å². The van der Waals surface area contributed by atoms with Crippen LogP contribution in [0.1, 0.15) is 88.6 Å². The first kappa shape index (κ1) is 20.7. The quantitative estimate of drug-likeness (QED) is 0.376. The Balaban J connectivity index is 2.03. The summed E-state index contributed by atoms with van der Waals surface area (Å²) in [4.78, 5) is 25.0. The Labute approximate surface area is 158 Å². The topological polar surface area (TPSA) is 43.4 Å². The van der Waals surface area contributed by atoms with Gasteiger partial charge in [0.25, 0.3) is 0 Å². The lowest BCUT2D eigenvalue weighted by molar-refractivity contribution is -0.151. The number of hydrogen-bond donors (Lipinski definition) is 0. The van der Waals surface area contributed by atoms with Crippen LogP contribution in [0.2, 0.25) is 0 Å². The fourth-order valence-electron chi connectivity index (χ4n) is 3.30. The Kier molecular flexibility index (Phi) is 7.43. The lowest BCUT2D eigenvalue weighted by Crippen LogP contribution is -2.35. The molecule has 3 heteroatoms. The van der Waals surface area contributed by atoms with Crippen LogP contribution in [0, 0.1) is 11.8 Å². The second-order valence-corrected chi connectivity index (χ2v) is 7.92. The monoisotopic (exact) mass is 358 g/mol. The molecule has 2 atom stereocenters. The SMILES string of the molecule is CCCCC(CC)COC(=O)C(C)(CC)c1ccc(C(=O)C2CC2)cc1. The van der Waals surface area contributed by atoms with E-state index in [1.165, 1.54) is 12.8 Å². The van der Waals surface area contributed by atoms with E-state index in [0.717, 1.165) is 36.8 Å². The van der Waals surface area contributed by atoms with E-state index in [9.17, 15) is 9.59 Å². The Bertz CT molecular complexity index is 600. The number of ether oxygens (including phenoxy) is 1. The van der Waals surface area contributed by atoms with Gasteiger partial charge in [-0.15, -0.1) is 0 Å². The molecule has 0 aromatic heterocycles. The van der Waals surface area contributed by atoms with Gasteiger partial charge in [0, 0.05) is 11.5 Å². The van der Waals surface area contributed by atoms with Gasteiger partial charge in [0.05, 0.1) is 12.0 Å². The lowest BCUT2D eigenvalue weighted by Gasteiger charge is -2.28. The van der Waals surface area contributed by atoms with Crippen molar-refractivity contribution in [2.24, 2.45) is 11.8 Å². The van der Waals surface area contributed by atoms with Crippen molar-refractivity contribution < 1.29 is 14.3 Å². The lowest BCUT2D eigenvalue weighted by atomic mass is 9.79. The molecule has 0 aliphatic heterocycles. The van der Waals surface area contributed by atoms with Crippen LogP contribution in [-0.2, 0) is 14.9 Å². The van der Waals surface area contributed by atoms with Gasteiger partial charge in [-0.25, -0.2) is 0 Å². The second-order valence-electron chi connectivity index (χ2n) is 7.92. The third-order valence-electron chi connectivity index (χ3n) is 5.91. The van der Waals surface area contributed by atoms with Gasteiger partial charge in [-0.3, -0.25) is 9.59 Å². The molecule has 1 fully saturated rings. The number of benzene rings is 1. The summed E-state index contributed by atoms with van der Waals surface area (Å²) in [6.07, 6.45) is 7.19. The predicted octanol–water partition coefficient (Wildman–Crippen LogP) is 5.71. The molecule has 1 aromatic carbocycles. The van der Waals surface area contributed by atoms with Crippen LogP contribution in [0.15, 0.2) is 24.3 Å². The molecule has 0 saturated heterocycles. The second kappa shape index (κ2) is 9.34. The maximum absolute atomic E-state index is 12.8. The Hall–Kier alpha value is -1.64. The highest BCUT2D eigenvalue weighted by atomic mass is 16.5. The molecule has 1 saturated carbocycles. The number of hydrogen-bond acceptors (Lipinski definition) is 3. The molecule has 0 heterocycles. The van der Waals surface area contributed by atoms with Gasteiger partial charge in [0.15, 0.2) is 5.78 Å². The van der Waals surface area contributed by atoms with E-state index in [1.807, 2.05) is 38.1 Å². The molecule has 0 N–H and O–H groups in total. The van der Waals surface area contributed by atoms with E-state index in [1.54, 1.807) is 0 Å². The molecule has 2 rings (SSSR count). The number of esters is 1. The molecular weight excluding hydrogens is 324 g/mol. The molecule has 0 bridgehead atoms. The van der Waals surface area contributed by atoms with Crippen LogP contribution in [0.4, 0.5) is 0 Å². The van der Waals surface area contributed by atoms with Gasteiger partial charge in [-0.1, -0.05) is 64.3 Å². The fraction of sp³-hybridized carbons (Fsp3) is 0.652. The van der Waals surface area contributed by atoms with Gasteiger partial charge >= 0.3 is 5.97 Å². The van der Waals surface area contributed by atoms with Crippen LogP contribution in [0.3, 0.4) is 0 Å². The highest BCUT2D eigenvalue weighted by Gasteiger charge is 2.36. The zero-order valence-electron chi connectivity index (χ0n) is 16.8. The van der Waals surface area contributed by atoms with E-state index >= 15 is 0 Å². The van der Waals surface area contributed by atoms with E-state index in [-0.39, 0.29) is 17.7 Å². The van der Waals surface area contributed by atoms with Crippen LogP contribution in [-0.4, -0.2) is 18.4 Å². The van der Waals surface area contributed by atoms with Crippen LogP contribution < -0.4 is 0 Å². The van der Waals surface area contributed by atoms with Crippen molar-refractivity contribution in [3.05, 3.63) is 35.4 Å². The molecule has 1 aliphatic rings. The average Bonchev–Trinajstić information content (AvgIpc) is 3.52. The molecule has 2 unspecified atom stereocenters. The smallest absolute Gasteiger partial charge is 0.316 e. The molecule has 26 heavy (non-hydrogen) atoms. The van der Waals surface area contributed by atoms with E-state index in [0.29, 0.717) is 18.9 Å². The summed E-state index contributed by atoms with van der Waals surface area (Å²) in [7, 11) is 0. The van der Waals surface area contributed by atoms with Crippen molar-refractivity contribution >= 4 is 11.8 Å². The zero-order chi connectivity index (χ0) is 19.2. The maximum atomic E-state index is 12.8. The third kappa shape index (κ3) is 4.96. The number of carbonyl (C=O) groups excluding carboxylic acids is 2. The summed E-state index contributed by atoms with van der Waals surface area (Å²) in [6.45, 7) is 8.80. The van der Waals surface area contributed by atoms with Crippen LogP contribution >= 0.6 is 0 Å². The number of unbranched alkanes of at least 4 members (excludes halogenated alkanes) is 1. The Morgan fingerprint density at radius 3 is 2.31 bits per heavy atom. The minimum absolute atomic E-state index is 0.156. The van der Waals surface area contributed by atoms with Gasteiger partial charge < -0.3 is 4.74 Å². The molecule has 0 spiro atoms. The van der Waals surface area contributed by atoms with E-state index in [4.69, 9.17) is 4.74 Å². The summed E-state index contributed by atoms with van der Waals surface area (Å²) in [5, 5.41) is 0. The largest absolute Gasteiger partial charge is 0.465 e. The highest BCUT2D eigenvalue weighted by molar-refractivity contribution is 5.99. The minimum Gasteiger partial charge on any atom is -0.465 e. The fourth-order valence-corrected chi connectivity index (χ4v) is 3.30. The Morgan fingerprint density at radius 2 is 1.81 bits per heavy atom. The maximum Gasteiger partial charge on any atom is 0.316 e.